The van der Waals surface area contributed by atoms with Gasteiger partial charge in [-0.25, -0.2) is 8.98 Å². The first-order valence-corrected chi connectivity index (χ1v) is 12.3. The second-order valence-electron chi connectivity index (χ2n) is 7.27. The Bertz CT molecular complexity index is 523. The Kier molecular flexibility index (Phi) is 23.9. The van der Waals surface area contributed by atoms with E-state index in [2.05, 4.69) is 27.4 Å². The molecule has 0 aromatic heterocycles. The van der Waals surface area contributed by atoms with Crippen molar-refractivity contribution < 1.29 is 31.8 Å². The van der Waals surface area contributed by atoms with Crippen molar-refractivity contribution in [3.63, 3.8) is 0 Å². The summed E-state index contributed by atoms with van der Waals surface area (Å²) in [5.41, 5.74) is 0. The Morgan fingerprint density at radius 2 is 1.33 bits per heavy atom. The molecule has 30 heavy (non-hydrogen) atoms. The average molecular weight is 461 g/mol. The van der Waals surface area contributed by atoms with Crippen molar-refractivity contribution >= 4 is 45.9 Å². The van der Waals surface area contributed by atoms with Gasteiger partial charge in [0.1, 0.15) is 0 Å². The Balaban J connectivity index is 0. The van der Waals surface area contributed by atoms with Gasteiger partial charge < -0.3 is 14.4 Å². The van der Waals surface area contributed by atoms with Gasteiger partial charge in [0, 0.05) is 0 Å². The summed E-state index contributed by atoms with van der Waals surface area (Å²) in [4.78, 5) is 11.1. The third-order valence-corrected chi connectivity index (χ3v) is 5.34. The first kappa shape index (κ1) is 32.2. The van der Waals surface area contributed by atoms with Crippen LogP contribution >= 0.6 is 0 Å². The van der Waals surface area contributed by atoms with Gasteiger partial charge in [-0.15, -0.1) is 0 Å². The number of hydrogen-bond acceptors (Lipinski definition) is 7. The fourth-order valence-corrected chi connectivity index (χ4v) is 3.45. The number of allylic oxidation sites excluding steroid dienone is 2. The van der Waals surface area contributed by atoms with Crippen molar-refractivity contribution in [1.82, 2.24) is 0 Å². The molecule has 0 radical (unpaired) electrons. The molecule has 7 nitrogen and oxygen atoms in total. The fourth-order valence-electron chi connectivity index (χ4n) is 2.77. The van der Waals surface area contributed by atoms with Crippen LogP contribution in [0.25, 0.3) is 0 Å². The van der Waals surface area contributed by atoms with E-state index < -0.39 is 29.1 Å². The normalized spacial score (nSPS) is 12.6. The first-order valence-electron chi connectivity index (χ1n) is 11.0. The van der Waals surface area contributed by atoms with Gasteiger partial charge in [-0.1, -0.05) is 76.9 Å². The minimum absolute atomic E-state index is 0. The number of rotatable bonds is 20. The van der Waals surface area contributed by atoms with Crippen molar-refractivity contribution in [2.75, 3.05) is 13.2 Å². The minimum atomic E-state index is -4.48. The van der Waals surface area contributed by atoms with E-state index in [1.807, 2.05) is 0 Å². The van der Waals surface area contributed by atoms with Crippen LogP contribution in [0.1, 0.15) is 96.8 Å². The second kappa shape index (κ2) is 22.2. The summed E-state index contributed by atoms with van der Waals surface area (Å²) in [6.07, 6.45) is 18.8. The maximum absolute atomic E-state index is 11.4. The molecule has 0 saturated heterocycles. The van der Waals surface area contributed by atoms with Crippen molar-refractivity contribution in [3.8, 4) is 0 Å². The van der Waals surface area contributed by atoms with E-state index in [-0.39, 0.29) is 36.2 Å². The van der Waals surface area contributed by atoms with Crippen LogP contribution in [0.4, 0.5) is 0 Å². The van der Waals surface area contributed by atoms with Gasteiger partial charge in [0.15, 0.2) is 6.10 Å². The molecule has 9 heteroatoms. The third-order valence-electron chi connectivity index (χ3n) is 4.51. The van der Waals surface area contributed by atoms with Crippen molar-refractivity contribution in [3.05, 3.63) is 12.2 Å². The molecule has 0 aliphatic rings. The maximum atomic E-state index is 11.4. The Morgan fingerprint density at radius 3 is 1.83 bits per heavy atom. The molecule has 0 fully saturated rings. The van der Waals surface area contributed by atoms with Gasteiger partial charge in [-0.3, -0.25) is 0 Å². The van der Waals surface area contributed by atoms with E-state index in [1.165, 1.54) is 51.4 Å². The number of aliphatic hydroxyl groups excluding tert-OH is 2. The van der Waals surface area contributed by atoms with Crippen LogP contribution in [-0.2, 0) is 23.6 Å². The molecule has 0 aromatic carbocycles. The molecule has 0 aromatic rings. The molecule has 1 unspecified atom stereocenters. The van der Waals surface area contributed by atoms with Crippen molar-refractivity contribution in [2.45, 2.75) is 103 Å². The topological polar surface area (TPSA) is 110 Å². The Hall–Kier alpha value is 0.0400. The van der Waals surface area contributed by atoms with Crippen LogP contribution in [0, 0.1) is 0 Å². The first-order chi connectivity index (χ1) is 13.9. The van der Waals surface area contributed by atoms with Crippen molar-refractivity contribution in [2.24, 2.45) is 0 Å². The second-order valence-corrected chi connectivity index (χ2v) is 8.49. The number of unbranched alkanes of at least 4 members (excludes halogenated alkanes) is 12. The Morgan fingerprint density at radius 1 is 0.867 bits per heavy atom. The van der Waals surface area contributed by atoms with E-state index in [1.54, 1.807) is 0 Å². The van der Waals surface area contributed by atoms with E-state index in [0.717, 1.165) is 32.1 Å². The Labute approximate surface area is 205 Å². The molecule has 0 rings (SSSR count). The van der Waals surface area contributed by atoms with Gasteiger partial charge in [-0.2, -0.15) is 8.42 Å². The number of hydrogen-bond donors (Lipinski definition) is 2. The molecule has 2 N–H and O–H groups in total. The molecule has 0 amide bonds. The predicted octanol–water partition coefficient (Wildman–Crippen LogP) is 3.53. The summed E-state index contributed by atoms with van der Waals surface area (Å²) in [6.45, 7) is 1.25. The number of aliphatic hydroxyl groups is 2. The van der Waals surface area contributed by atoms with E-state index in [9.17, 15) is 13.2 Å². The predicted molar refractivity (Wildman–Crippen MR) is 121 cm³/mol. The number of carbonyl (C=O) groups excluding carboxylic acids is 1. The van der Waals surface area contributed by atoms with Crippen LogP contribution < -0.4 is 0 Å². The zero-order chi connectivity index (χ0) is 21.8. The summed E-state index contributed by atoms with van der Waals surface area (Å²) in [6, 6.07) is 0. The zero-order valence-electron chi connectivity index (χ0n) is 17.9. The van der Waals surface area contributed by atoms with E-state index in [4.69, 9.17) is 10.2 Å². The van der Waals surface area contributed by atoms with Crippen LogP contribution in [-0.4, -0.2) is 73.5 Å². The molecule has 0 aliphatic heterocycles. The molecule has 0 heterocycles. The molecular formula is C21H41NaO7S. The monoisotopic (exact) mass is 460 g/mol. The number of carbonyl (C=O) groups is 1. The summed E-state index contributed by atoms with van der Waals surface area (Å²) in [7, 11) is -4.48. The summed E-state index contributed by atoms with van der Waals surface area (Å²) in [5.74, 6) is -1.45. The molecular weight excluding hydrogens is 419 g/mol. The molecule has 0 bridgehead atoms. The fraction of sp³-hybridized carbons (Fsp3) is 0.857. The van der Waals surface area contributed by atoms with Crippen molar-refractivity contribution in [1.29, 1.82) is 0 Å². The molecule has 0 saturated carbocycles. The van der Waals surface area contributed by atoms with Gasteiger partial charge in [-0.05, 0) is 32.1 Å². The van der Waals surface area contributed by atoms with Crippen LogP contribution in [0.2, 0.25) is 0 Å². The quantitative estimate of drug-likeness (QED) is 0.162. The van der Waals surface area contributed by atoms with Crippen LogP contribution in [0.3, 0.4) is 0 Å². The average Bonchev–Trinajstić information content (AvgIpc) is 2.69. The van der Waals surface area contributed by atoms with E-state index in [0.29, 0.717) is 6.42 Å². The molecule has 174 valence electrons. The van der Waals surface area contributed by atoms with Gasteiger partial charge in [0.2, 0.25) is 0 Å². The summed E-state index contributed by atoms with van der Waals surface area (Å²) >= 11 is 0. The summed E-state index contributed by atoms with van der Waals surface area (Å²) in [5, 5.41) is 17.5. The summed E-state index contributed by atoms with van der Waals surface area (Å²) < 4.78 is 31.3. The van der Waals surface area contributed by atoms with Gasteiger partial charge in [0.05, 0.1) is 13.2 Å². The van der Waals surface area contributed by atoms with Crippen LogP contribution in [0.15, 0.2) is 12.2 Å². The SMILES string of the molecule is CCCCCCCC/C=C\CCCCCCCCOS(=O)(=O)OC(=O)C(O)CO.[NaH]. The standard InChI is InChI=1S/C21H40O7S.Na.H/c1-2-3-4-5-6-7-8-9-10-11-12-13-14-15-16-17-18-27-29(25,26)28-21(24)20(23)19-22;;/h9-10,20,22-23H,2-8,11-19H2,1H3;;/b10-9-;;. The van der Waals surface area contributed by atoms with Crippen LogP contribution in [0.5, 0.6) is 0 Å². The van der Waals surface area contributed by atoms with E-state index >= 15 is 0 Å². The van der Waals surface area contributed by atoms with Gasteiger partial charge in [0.25, 0.3) is 0 Å². The third kappa shape index (κ3) is 21.3. The zero-order valence-corrected chi connectivity index (χ0v) is 18.7. The van der Waals surface area contributed by atoms with Gasteiger partial charge >= 0.3 is 45.9 Å². The molecule has 0 spiro atoms. The molecule has 0 aliphatic carbocycles. The molecule has 1 atom stereocenters.